The number of anilines is 1. The number of nitrogens with zero attached hydrogens (tertiary/aromatic N) is 3. The fourth-order valence-corrected chi connectivity index (χ4v) is 2.93. The smallest absolute Gasteiger partial charge is 0.248 e. The Morgan fingerprint density at radius 3 is 2.71 bits per heavy atom. The lowest BCUT2D eigenvalue weighted by Gasteiger charge is -2.19. The second-order valence-electron chi connectivity index (χ2n) is 6.12. The first-order chi connectivity index (χ1) is 13.7. The number of rotatable bonds is 5. The van der Waals surface area contributed by atoms with Gasteiger partial charge in [0.05, 0.1) is 23.5 Å². The lowest BCUT2D eigenvalue weighted by molar-refractivity contribution is -0.111. The molecule has 0 atom stereocenters. The second kappa shape index (κ2) is 8.14. The van der Waals surface area contributed by atoms with Crippen LogP contribution in [0.5, 0.6) is 11.5 Å². The molecule has 0 fully saturated rings. The second-order valence-corrected chi connectivity index (χ2v) is 6.53. The topological polar surface area (TPSA) is 78.3 Å². The van der Waals surface area contributed by atoms with Gasteiger partial charge in [-0.05, 0) is 11.6 Å². The van der Waals surface area contributed by atoms with Crippen LogP contribution in [0.25, 0.3) is 6.08 Å². The van der Waals surface area contributed by atoms with Gasteiger partial charge < -0.3 is 14.8 Å². The van der Waals surface area contributed by atoms with E-state index in [4.69, 9.17) is 21.1 Å². The van der Waals surface area contributed by atoms with Crippen LogP contribution in [0.15, 0.2) is 54.7 Å². The molecule has 0 saturated carbocycles. The maximum atomic E-state index is 12.2. The first-order valence-electron chi connectivity index (χ1n) is 8.70. The first-order valence-corrected chi connectivity index (χ1v) is 9.07. The molecule has 1 aliphatic heterocycles. The molecule has 8 heteroatoms. The van der Waals surface area contributed by atoms with Gasteiger partial charge >= 0.3 is 0 Å². The molecule has 142 valence electrons. The van der Waals surface area contributed by atoms with Gasteiger partial charge in [0.2, 0.25) is 5.91 Å². The molecule has 0 spiro atoms. The highest BCUT2D eigenvalue weighted by Gasteiger charge is 2.15. The van der Waals surface area contributed by atoms with Gasteiger partial charge in [-0.15, -0.1) is 5.10 Å². The average Bonchev–Trinajstić information content (AvgIpc) is 3.15. The van der Waals surface area contributed by atoms with Crippen molar-refractivity contribution >= 4 is 29.3 Å². The summed E-state index contributed by atoms with van der Waals surface area (Å²) in [5, 5.41) is 11.2. The maximum Gasteiger partial charge on any atom is 0.248 e. The third kappa shape index (κ3) is 4.32. The fraction of sp³-hybridized carbons (Fsp3) is 0.150. The monoisotopic (exact) mass is 396 g/mol. The number of fused-ring (bicyclic) bond motifs is 1. The van der Waals surface area contributed by atoms with Crippen LogP contribution in [0.3, 0.4) is 0 Å². The van der Waals surface area contributed by atoms with Crippen molar-refractivity contribution in [3.8, 4) is 11.5 Å². The minimum Gasteiger partial charge on any atom is -0.486 e. The molecule has 0 saturated heterocycles. The molecule has 3 aromatic rings. The minimum absolute atomic E-state index is 0.337. The number of benzene rings is 2. The number of aromatic nitrogens is 3. The maximum absolute atomic E-state index is 12.2. The van der Waals surface area contributed by atoms with Crippen molar-refractivity contribution < 1.29 is 14.3 Å². The largest absolute Gasteiger partial charge is 0.486 e. The molecule has 0 radical (unpaired) electrons. The molecule has 0 aliphatic carbocycles. The van der Waals surface area contributed by atoms with E-state index in [2.05, 4.69) is 15.6 Å². The van der Waals surface area contributed by atoms with E-state index >= 15 is 0 Å². The van der Waals surface area contributed by atoms with Crippen molar-refractivity contribution in [1.29, 1.82) is 0 Å². The van der Waals surface area contributed by atoms with Crippen molar-refractivity contribution in [2.75, 3.05) is 18.5 Å². The highest BCUT2D eigenvalue weighted by Crippen LogP contribution is 2.37. The Balaban J connectivity index is 1.39. The summed E-state index contributed by atoms with van der Waals surface area (Å²) in [5.74, 6) is 0.787. The summed E-state index contributed by atoms with van der Waals surface area (Å²) in [7, 11) is 0. The molecule has 4 rings (SSSR count). The molecule has 1 aliphatic rings. The van der Waals surface area contributed by atoms with Crippen LogP contribution in [-0.2, 0) is 11.3 Å². The Morgan fingerprint density at radius 1 is 1.18 bits per heavy atom. The Morgan fingerprint density at radius 2 is 1.93 bits per heavy atom. The summed E-state index contributed by atoms with van der Waals surface area (Å²) < 4.78 is 12.7. The van der Waals surface area contributed by atoms with Crippen molar-refractivity contribution in [2.24, 2.45) is 0 Å². The fourth-order valence-electron chi connectivity index (χ4n) is 2.73. The number of hydrogen-bond donors (Lipinski definition) is 1. The van der Waals surface area contributed by atoms with Crippen molar-refractivity contribution in [1.82, 2.24) is 15.0 Å². The predicted octanol–water partition coefficient (Wildman–Crippen LogP) is 3.40. The lowest BCUT2D eigenvalue weighted by Crippen LogP contribution is -2.16. The van der Waals surface area contributed by atoms with Crippen molar-refractivity contribution in [2.45, 2.75) is 6.54 Å². The zero-order valence-corrected chi connectivity index (χ0v) is 15.6. The summed E-state index contributed by atoms with van der Waals surface area (Å²) in [4.78, 5) is 12.2. The summed E-state index contributed by atoms with van der Waals surface area (Å²) >= 11 is 6.20. The van der Waals surface area contributed by atoms with E-state index in [0.29, 0.717) is 47.7 Å². The Labute approximate surface area is 166 Å². The number of carbonyl (C=O) groups excluding carboxylic acids is 1. The number of halogens is 1. The van der Waals surface area contributed by atoms with Gasteiger partial charge in [-0.1, -0.05) is 47.1 Å². The third-order valence-electron chi connectivity index (χ3n) is 4.04. The Hall–Kier alpha value is -3.32. The molecule has 1 aromatic heterocycles. The zero-order chi connectivity index (χ0) is 19.3. The Kier molecular flexibility index (Phi) is 5.25. The normalized spacial score (nSPS) is 12.9. The standard InChI is InChI=1S/C20H17ClN4O3/c21-16-10-18-19(28-9-8-27-18)11-17(16)22-20(26)7-6-15-13-25(24-23-15)12-14-4-2-1-3-5-14/h1-7,10-11,13H,8-9,12H2,(H,22,26)/b7-6+. The van der Waals surface area contributed by atoms with E-state index in [1.165, 1.54) is 6.08 Å². The molecule has 0 bridgehead atoms. The van der Waals surface area contributed by atoms with Gasteiger partial charge in [-0.2, -0.15) is 0 Å². The molecular weight excluding hydrogens is 380 g/mol. The summed E-state index contributed by atoms with van der Waals surface area (Å²) in [6.07, 6.45) is 4.74. The number of hydrogen-bond acceptors (Lipinski definition) is 5. The van der Waals surface area contributed by atoms with Gasteiger partial charge in [-0.3, -0.25) is 4.79 Å². The van der Waals surface area contributed by atoms with Crippen LogP contribution in [0.2, 0.25) is 5.02 Å². The van der Waals surface area contributed by atoms with E-state index in [-0.39, 0.29) is 5.91 Å². The van der Waals surface area contributed by atoms with E-state index in [1.807, 2.05) is 30.3 Å². The third-order valence-corrected chi connectivity index (χ3v) is 4.35. The molecule has 0 unspecified atom stereocenters. The van der Waals surface area contributed by atoms with Gasteiger partial charge in [0.25, 0.3) is 0 Å². The van der Waals surface area contributed by atoms with Crippen LogP contribution in [0, 0.1) is 0 Å². The zero-order valence-electron chi connectivity index (χ0n) is 14.8. The van der Waals surface area contributed by atoms with Crippen molar-refractivity contribution in [3.05, 3.63) is 71.0 Å². The van der Waals surface area contributed by atoms with Crippen LogP contribution in [-0.4, -0.2) is 34.1 Å². The molecule has 1 amide bonds. The Bertz CT molecular complexity index is 1020. The SMILES string of the molecule is O=C(/C=C/c1cn(Cc2ccccc2)nn1)Nc1cc2c(cc1Cl)OCCO2. The number of ether oxygens (including phenoxy) is 2. The molecular formula is C20H17ClN4O3. The van der Waals surface area contributed by atoms with Gasteiger partial charge in [0.15, 0.2) is 11.5 Å². The molecule has 2 heterocycles. The van der Waals surface area contributed by atoms with Crippen LogP contribution in [0.4, 0.5) is 5.69 Å². The highest BCUT2D eigenvalue weighted by atomic mass is 35.5. The summed E-state index contributed by atoms with van der Waals surface area (Å²) in [5.41, 5.74) is 2.15. The molecule has 2 aromatic carbocycles. The van der Waals surface area contributed by atoms with E-state index in [0.717, 1.165) is 5.56 Å². The number of nitrogens with one attached hydrogen (secondary N) is 1. The van der Waals surface area contributed by atoms with E-state index in [1.54, 1.807) is 29.1 Å². The van der Waals surface area contributed by atoms with Gasteiger partial charge in [0.1, 0.15) is 18.9 Å². The summed E-state index contributed by atoms with van der Waals surface area (Å²) in [6, 6.07) is 13.2. The molecule has 7 nitrogen and oxygen atoms in total. The van der Waals surface area contributed by atoms with E-state index in [9.17, 15) is 4.79 Å². The van der Waals surface area contributed by atoms with Crippen LogP contribution in [0.1, 0.15) is 11.3 Å². The number of amides is 1. The minimum atomic E-state index is -0.337. The van der Waals surface area contributed by atoms with Crippen LogP contribution < -0.4 is 14.8 Å². The summed E-state index contributed by atoms with van der Waals surface area (Å²) in [6.45, 7) is 1.55. The molecule has 1 N–H and O–H groups in total. The van der Waals surface area contributed by atoms with E-state index < -0.39 is 0 Å². The van der Waals surface area contributed by atoms with Crippen molar-refractivity contribution in [3.63, 3.8) is 0 Å². The average molecular weight is 397 g/mol. The predicted molar refractivity (Wildman–Crippen MR) is 106 cm³/mol. The molecule has 28 heavy (non-hydrogen) atoms. The van der Waals surface area contributed by atoms with Gasteiger partial charge in [-0.25, -0.2) is 4.68 Å². The lowest BCUT2D eigenvalue weighted by atomic mass is 10.2. The quantitative estimate of drug-likeness (QED) is 0.669. The first kappa shape index (κ1) is 18.1. The highest BCUT2D eigenvalue weighted by molar-refractivity contribution is 6.34. The van der Waals surface area contributed by atoms with Gasteiger partial charge in [0, 0.05) is 18.2 Å². The van der Waals surface area contributed by atoms with Crippen LogP contribution >= 0.6 is 11.6 Å². The number of carbonyl (C=O) groups is 1.